The maximum Gasteiger partial charge on any atom is 0.410 e. The van der Waals surface area contributed by atoms with E-state index in [1.54, 1.807) is 4.90 Å². The van der Waals surface area contributed by atoms with Gasteiger partial charge in [0.1, 0.15) is 5.60 Å². The predicted molar refractivity (Wildman–Crippen MR) is 110 cm³/mol. The third-order valence-electron chi connectivity index (χ3n) is 6.44. The van der Waals surface area contributed by atoms with Crippen LogP contribution in [0.5, 0.6) is 0 Å². The molecule has 2 atom stereocenters. The van der Waals surface area contributed by atoms with Gasteiger partial charge in [-0.1, -0.05) is 36.4 Å². The van der Waals surface area contributed by atoms with E-state index in [0.717, 1.165) is 25.9 Å². The Balaban J connectivity index is 1.41. The first-order valence-electron chi connectivity index (χ1n) is 10.5. The zero-order chi connectivity index (χ0) is 19.9. The van der Waals surface area contributed by atoms with Crippen LogP contribution in [0.3, 0.4) is 0 Å². The number of allylic oxidation sites excluding steroid dienone is 1. The SMILES string of the molecule is CC(C)(C)OC(=O)N1CC[C@@H](O)[C@H](N2CCC3(C=Cc4ccccc43)CC2)C1. The third kappa shape index (κ3) is 3.70. The number of carbonyl (C=O) groups is 1. The fourth-order valence-electron chi connectivity index (χ4n) is 4.90. The standard InChI is InChI=1S/C23H32N2O3/c1-22(2,3)28-21(27)25-13-9-20(26)19(16-25)24-14-11-23(12-15-24)10-8-17-6-4-5-7-18(17)23/h4-8,10,19-20,26H,9,11-16H2,1-3H3/t19-,20-/m1/s1. The molecule has 1 aromatic carbocycles. The fourth-order valence-corrected chi connectivity index (χ4v) is 4.90. The lowest BCUT2D eigenvalue weighted by atomic mass is 9.74. The van der Waals surface area contributed by atoms with Gasteiger partial charge in [0.25, 0.3) is 0 Å². The smallest absolute Gasteiger partial charge is 0.410 e. The van der Waals surface area contributed by atoms with Crippen LogP contribution in [0.1, 0.15) is 51.2 Å². The Hall–Kier alpha value is -1.85. The minimum absolute atomic E-state index is 0.0146. The quantitative estimate of drug-likeness (QED) is 0.806. The normalized spacial score (nSPS) is 27.1. The Labute approximate surface area is 168 Å². The lowest BCUT2D eigenvalue weighted by Crippen LogP contribution is -2.59. The van der Waals surface area contributed by atoms with Crippen molar-refractivity contribution in [3.63, 3.8) is 0 Å². The summed E-state index contributed by atoms with van der Waals surface area (Å²) in [5.74, 6) is 0. The molecule has 1 N–H and O–H groups in total. The molecular weight excluding hydrogens is 352 g/mol. The first kappa shape index (κ1) is 19.5. The van der Waals surface area contributed by atoms with Crippen molar-refractivity contribution in [3.8, 4) is 0 Å². The number of ether oxygens (including phenoxy) is 1. The summed E-state index contributed by atoms with van der Waals surface area (Å²) in [5, 5.41) is 10.6. The number of rotatable bonds is 1. The summed E-state index contributed by atoms with van der Waals surface area (Å²) >= 11 is 0. The molecule has 1 amide bonds. The number of nitrogens with zero attached hydrogens (tertiary/aromatic N) is 2. The van der Waals surface area contributed by atoms with Gasteiger partial charge in [0.2, 0.25) is 0 Å². The highest BCUT2D eigenvalue weighted by atomic mass is 16.6. The molecule has 5 heteroatoms. The van der Waals surface area contributed by atoms with E-state index in [0.29, 0.717) is 19.5 Å². The van der Waals surface area contributed by atoms with Crippen molar-refractivity contribution in [1.82, 2.24) is 9.80 Å². The van der Waals surface area contributed by atoms with Crippen LogP contribution in [0.2, 0.25) is 0 Å². The lowest BCUT2D eigenvalue weighted by molar-refractivity contribution is -0.0349. The monoisotopic (exact) mass is 384 g/mol. The van der Waals surface area contributed by atoms with Crippen molar-refractivity contribution in [2.75, 3.05) is 26.2 Å². The molecule has 1 spiro atoms. The predicted octanol–water partition coefficient (Wildman–Crippen LogP) is 3.42. The van der Waals surface area contributed by atoms with Crippen molar-refractivity contribution < 1.29 is 14.6 Å². The number of hydrogen-bond acceptors (Lipinski definition) is 4. The molecule has 0 saturated carbocycles. The second-order valence-corrected chi connectivity index (χ2v) is 9.46. The Bertz CT molecular complexity index is 759. The Morgan fingerprint density at radius 2 is 1.89 bits per heavy atom. The number of amides is 1. The summed E-state index contributed by atoms with van der Waals surface area (Å²) in [6, 6.07) is 8.66. The summed E-state index contributed by atoms with van der Waals surface area (Å²) < 4.78 is 5.54. The molecule has 0 aromatic heterocycles. The lowest BCUT2D eigenvalue weighted by Gasteiger charge is -2.47. The van der Waals surface area contributed by atoms with Gasteiger partial charge < -0.3 is 14.7 Å². The first-order valence-corrected chi connectivity index (χ1v) is 10.5. The topological polar surface area (TPSA) is 53.0 Å². The molecule has 4 rings (SSSR count). The second-order valence-electron chi connectivity index (χ2n) is 9.46. The van der Waals surface area contributed by atoms with Crippen LogP contribution in [0.15, 0.2) is 30.3 Å². The van der Waals surface area contributed by atoms with Crippen molar-refractivity contribution in [1.29, 1.82) is 0 Å². The molecule has 28 heavy (non-hydrogen) atoms. The summed E-state index contributed by atoms with van der Waals surface area (Å²) in [7, 11) is 0. The van der Waals surface area contributed by atoms with Crippen molar-refractivity contribution in [3.05, 3.63) is 41.5 Å². The number of piperidine rings is 2. The highest BCUT2D eigenvalue weighted by Crippen LogP contribution is 2.44. The molecule has 0 unspecified atom stereocenters. The maximum atomic E-state index is 12.5. The number of aliphatic hydroxyl groups excluding tert-OH is 1. The molecule has 2 fully saturated rings. The molecule has 1 aliphatic carbocycles. The highest BCUT2D eigenvalue weighted by molar-refractivity contribution is 5.68. The van der Waals surface area contributed by atoms with Gasteiger partial charge >= 0.3 is 6.09 Å². The van der Waals surface area contributed by atoms with E-state index in [9.17, 15) is 9.90 Å². The molecule has 5 nitrogen and oxygen atoms in total. The Morgan fingerprint density at radius 3 is 2.61 bits per heavy atom. The second kappa shape index (κ2) is 7.20. The number of fused-ring (bicyclic) bond motifs is 2. The van der Waals surface area contributed by atoms with Gasteiger partial charge in [0, 0.05) is 18.5 Å². The third-order valence-corrected chi connectivity index (χ3v) is 6.44. The molecule has 2 aliphatic heterocycles. The van der Waals surface area contributed by atoms with Crippen LogP contribution < -0.4 is 0 Å². The minimum atomic E-state index is -0.498. The van der Waals surface area contributed by atoms with E-state index in [1.807, 2.05) is 20.8 Å². The van der Waals surface area contributed by atoms with E-state index in [-0.39, 0.29) is 23.7 Å². The van der Waals surface area contributed by atoms with Crippen LogP contribution >= 0.6 is 0 Å². The zero-order valence-corrected chi connectivity index (χ0v) is 17.2. The van der Waals surface area contributed by atoms with Crippen LogP contribution in [-0.4, -0.2) is 64.9 Å². The first-order chi connectivity index (χ1) is 13.3. The highest BCUT2D eigenvalue weighted by Gasteiger charge is 2.42. The number of hydrogen-bond donors (Lipinski definition) is 1. The van der Waals surface area contributed by atoms with Crippen molar-refractivity contribution in [2.24, 2.45) is 0 Å². The molecule has 3 aliphatic rings. The van der Waals surface area contributed by atoms with Gasteiger partial charge in [-0.2, -0.15) is 0 Å². The van der Waals surface area contributed by atoms with Crippen LogP contribution in [-0.2, 0) is 10.2 Å². The largest absolute Gasteiger partial charge is 0.444 e. The number of carbonyl (C=O) groups excluding carboxylic acids is 1. The Kier molecular flexibility index (Phi) is 5.00. The molecule has 0 bridgehead atoms. The van der Waals surface area contributed by atoms with Gasteiger partial charge in [0.05, 0.1) is 12.1 Å². The van der Waals surface area contributed by atoms with Crippen molar-refractivity contribution in [2.45, 2.75) is 63.2 Å². The molecular formula is C23H32N2O3. The van der Waals surface area contributed by atoms with Crippen LogP contribution in [0, 0.1) is 0 Å². The minimum Gasteiger partial charge on any atom is -0.444 e. The molecule has 1 aromatic rings. The summed E-state index contributed by atoms with van der Waals surface area (Å²) in [6.45, 7) is 8.62. The number of aliphatic hydroxyl groups is 1. The van der Waals surface area contributed by atoms with Gasteiger partial charge in [-0.3, -0.25) is 4.90 Å². The van der Waals surface area contributed by atoms with E-state index < -0.39 is 5.60 Å². The average molecular weight is 385 g/mol. The van der Waals surface area contributed by atoms with Crippen LogP contribution in [0.4, 0.5) is 4.79 Å². The fraction of sp³-hybridized carbons (Fsp3) is 0.609. The Morgan fingerprint density at radius 1 is 1.18 bits per heavy atom. The molecule has 0 radical (unpaired) electrons. The maximum absolute atomic E-state index is 12.5. The van der Waals surface area contributed by atoms with E-state index >= 15 is 0 Å². The molecule has 2 heterocycles. The van der Waals surface area contributed by atoms with E-state index in [4.69, 9.17) is 4.74 Å². The summed E-state index contributed by atoms with van der Waals surface area (Å²) in [4.78, 5) is 16.6. The van der Waals surface area contributed by atoms with E-state index in [1.165, 1.54) is 11.1 Å². The molecule has 152 valence electrons. The van der Waals surface area contributed by atoms with Crippen molar-refractivity contribution >= 4 is 12.2 Å². The summed E-state index contributed by atoms with van der Waals surface area (Å²) in [6.07, 6.45) is 6.68. The number of likely N-dealkylation sites (tertiary alicyclic amines) is 2. The number of benzene rings is 1. The van der Waals surface area contributed by atoms with Gasteiger partial charge in [-0.05, 0) is 64.3 Å². The average Bonchev–Trinajstić information content (AvgIpc) is 3.00. The zero-order valence-electron chi connectivity index (χ0n) is 17.2. The van der Waals surface area contributed by atoms with Gasteiger partial charge in [-0.15, -0.1) is 0 Å². The van der Waals surface area contributed by atoms with Crippen LogP contribution in [0.25, 0.3) is 6.08 Å². The van der Waals surface area contributed by atoms with Gasteiger partial charge in [-0.25, -0.2) is 4.79 Å². The van der Waals surface area contributed by atoms with Gasteiger partial charge in [0.15, 0.2) is 0 Å². The van der Waals surface area contributed by atoms with E-state index in [2.05, 4.69) is 41.3 Å². The molecule has 2 saturated heterocycles. The summed E-state index contributed by atoms with van der Waals surface area (Å²) in [5.41, 5.74) is 2.42.